The molecule has 0 bridgehead atoms. The summed E-state index contributed by atoms with van der Waals surface area (Å²) in [5.41, 5.74) is 6.34. The lowest BCUT2D eigenvalue weighted by Gasteiger charge is -2.11. The molecule has 0 unspecified atom stereocenters. The molecule has 0 amide bonds. The van der Waals surface area contributed by atoms with Crippen LogP contribution in [0.1, 0.15) is 11.1 Å². The topological polar surface area (TPSA) is 78.4 Å². The van der Waals surface area contributed by atoms with Gasteiger partial charge in [-0.1, -0.05) is 12.1 Å². The summed E-state index contributed by atoms with van der Waals surface area (Å²) in [5.74, 6) is -0.0181. The van der Waals surface area contributed by atoms with Crippen LogP contribution in [0, 0.1) is 22.9 Å². The number of ether oxygens (including phenoxy) is 1. The molecule has 0 radical (unpaired) electrons. The van der Waals surface area contributed by atoms with E-state index in [-0.39, 0.29) is 18.0 Å². The number of nitrogens with zero attached hydrogens (tertiary/aromatic N) is 1. The standard InChI is InChI=1S/C14H13FN2O3/c1-9-3-2-4-13(14(9)17(18)19)20-12-6-5-11(15)7-10(12)8-16/h2-7H,8,16H2,1H3. The fourth-order valence-electron chi connectivity index (χ4n) is 1.87. The van der Waals surface area contributed by atoms with Gasteiger partial charge in [-0.15, -0.1) is 0 Å². The number of aryl methyl sites for hydroxylation is 1. The SMILES string of the molecule is Cc1cccc(Oc2ccc(F)cc2CN)c1[N+](=O)[O-]. The van der Waals surface area contributed by atoms with E-state index in [2.05, 4.69) is 0 Å². The first-order valence-electron chi connectivity index (χ1n) is 5.93. The largest absolute Gasteiger partial charge is 0.450 e. The molecule has 2 aromatic carbocycles. The third kappa shape index (κ3) is 2.75. The van der Waals surface area contributed by atoms with Crippen LogP contribution in [0.3, 0.4) is 0 Å². The molecule has 0 fully saturated rings. The van der Waals surface area contributed by atoms with Crippen LogP contribution >= 0.6 is 0 Å². The van der Waals surface area contributed by atoms with Gasteiger partial charge >= 0.3 is 5.69 Å². The summed E-state index contributed by atoms with van der Waals surface area (Å²) in [6.45, 7) is 1.70. The Morgan fingerprint density at radius 3 is 2.70 bits per heavy atom. The minimum absolute atomic E-state index is 0.0761. The summed E-state index contributed by atoms with van der Waals surface area (Å²) in [7, 11) is 0. The molecule has 20 heavy (non-hydrogen) atoms. The first-order valence-corrected chi connectivity index (χ1v) is 5.93. The molecule has 0 aliphatic rings. The average molecular weight is 276 g/mol. The van der Waals surface area contributed by atoms with Gasteiger partial charge in [0.25, 0.3) is 0 Å². The molecular formula is C14H13FN2O3. The Balaban J connectivity index is 2.45. The number of benzene rings is 2. The number of nitrogens with two attached hydrogens (primary N) is 1. The van der Waals surface area contributed by atoms with E-state index < -0.39 is 10.7 Å². The van der Waals surface area contributed by atoms with E-state index >= 15 is 0 Å². The van der Waals surface area contributed by atoms with E-state index in [0.29, 0.717) is 16.9 Å². The molecule has 0 saturated carbocycles. The highest BCUT2D eigenvalue weighted by Crippen LogP contribution is 2.35. The zero-order valence-electron chi connectivity index (χ0n) is 10.8. The molecule has 0 spiro atoms. The van der Waals surface area contributed by atoms with E-state index in [4.69, 9.17) is 10.5 Å². The van der Waals surface area contributed by atoms with Gasteiger partial charge in [-0.2, -0.15) is 0 Å². The Hall–Kier alpha value is -2.47. The minimum atomic E-state index is -0.504. The Kier molecular flexibility index (Phi) is 3.95. The van der Waals surface area contributed by atoms with Gasteiger partial charge in [-0.3, -0.25) is 10.1 Å². The number of para-hydroxylation sites is 1. The van der Waals surface area contributed by atoms with E-state index in [1.165, 1.54) is 24.3 Å². The number of halogens is 1. The highest BCUT2D eigenvalue weighted by atomic mass is 19.1. The van der Waals surface area contributed by atoms with Gasteiger partial charge in [0.1, 0.15) is 11.6 Å². The third-order valence-electron chi connectivity index (χ3n) is 2.85. The molecule has 0 heterocycles. The van der Waals surface area contributed by atoms with Crippen molar-refractivity contribution in [2.24, 2.45) is 5.73 Å². The van der Waals surface area contributed by atoms with Crippen LogP contribution in [0.2, 0.25) is 0 Å². The van der Waals surface area contributed by atoms with Crippen LogP contribution in [-0.2, 0) is 6.54 Å². The Labute approximate surface area is 114 Å². The van der Waals surface area contributed by atoms with Crippen molar-refractivity contribution in [1.82, 2.24) is 0 Å². The fraction of sp³-hybridized carbons (Fsp3) is 0.143. The molecule has 2 rings (SSSR count). The molecule has 0 saturated heterocycles. The van der Waals surface area contributed by atoms with Gasteiger partial charge in [0.05, 0.1) is 4.92 Å². The van der Waals surface area contributed by atoms with Crippen molar-refractivity contribution in [3.8, 4) is 11.5 Å². The first kappa shape index (κ1) is 14.0. The zero-order valence-corrected chi connectivity index (χ0v) is 10.8. The van der Waals surface area contributed by atoms with E-state index in [1.54, 1.807) is 19.1 Å². The molecule has 0 atom stereocenters. The summed E-state index contributed by atoms with van der Waals surface area (Å²) >= 11 is 0. The lowest BCUT2D eigenvalue weighted by molar-refractivity contribution is -0.386. The lowest BCUT2D eigenvalue weighted by Crippen LogP contribution is -2.02. The van der Waals surface area contributed by atoms with Crippen molar-refractivity contribution in [2.75, 3.05) is 0 Å². The van der Waals surface area contributed by atoms with Crippen molar-refractivity contribution < 1.29 is 14.1 Å². The molecular weight excluding hydrogens is 263 g/mol. The van der Waals surface area contributed by atoms with Gasteiger partial charge < -0.3 is 10.5 Å². The van der Waals surface area contributed by atoms with Gasteiger partial charge in [0.15, 0.2) is 0 Å². The van der Waals surface area contributed by atoms with Crippen LogP contribution in [0.15, 0.2) is 36.4 Å². The predicted octanol–water partition coefficient (Wildman–Crippen LogP) is 3.29. The van der Waals surface area contributed by atoms with Crippen LogP contribution in [-0.4, -0.2) is 4.92 Å². The molecule has 0 aromatic heterocycles. The monoisotopic (exact) mass is 276 g/mol. The van der Waals surface area contributed by atoms with Crippen LogP contribution in [0.5, 0.6) is 11.5 Å². The number of nitro groups is 1. The number of nitro benzene ring substituents is 1. The maximum Gasteiger partial charge on any atom is 0.314 e. The Bertz CT molecular complexity index is 659. The molecule has 104 valence electrons. The van der Waals surface area contributed by atoms with E-state index in [0.717, 1.165) is 0 Å². The summed E-state index contributed by atoms with van der Waals surface area (Å²) in [6.07, 6.45) is 0. The second-order valence-electron chi connectivity index (χ2n) is 4.24. The Morgan fingerprint density at radius 2 is 2.05 bits per heavy atom. The second kappa shape index (κ2) is 5.66. The maximum atomic E-state index is 13.1. The second-order valence-corrected chi connectivity index (χ2v) is 4.24. The summed E-state index contributed by atoms with van der Waals surface area (Å²) in [5, 5.41) is 11.1. The highest BCUT2D eigenvalue weighted by Gasteiger charge is 2.19. The Morgan fingerprint density at radius 1 is 1.30 bits per heavy atom. The van der Waals surface area contributed by atoms with Gasteiger partial charge in [0, 0.05) is 17.7 Å². The minimum Gasteiger partial charge on any atom is -0.450 e. The molecule has 5 nitrogen and oxygen atoms in total. The number of hydrogen-bond acceptors (Lipinski definition) is 4. The molecule has 0 aliphatic heterocycles. The lowest BCUT2D eigenvalue weighted by atomic mass is 10.1. The van der Waals surface area contributed by atoms with Crippen molar-refractivity contribution in [1.29, 1.82) is 0 Å². The summed E-state index contributed by atoms with van der Waals surface area (Å²) in [4.78, 5) is 10.6. The third-order valence-corrected chi connectivity index (χ3v) is 2.85. The molecule has 6 heteroatoms. The van der Waals surface area contributed by atoms with Crippen LogP contribution in [0.4, 0.5) is 10.1 Å². The maximum absolute atomic E-state index is 13.1. The van der Waals surface area contributed by atoms with E-state index in [9.17, 15) is 14.5 Å². The van der Waals surface area contributed by atoms with Crippen LogP contribution < -0.4 is 10.5 Å². The van der Waals surface area contributed by atoms with Gasteiger partial charge in [-0.25, -0.2) is 4.39 Å². The smallest absolute Gasteiger partial charge is 0.314 e. The summed E-state index contributed by atoms with van der Waals surface area (Å²) < 4.78 is 18.7. The van der Waals surface area contributed by atoms with Crippen molar-refractivity contribution >= 4 is 5.69 Å². The van der Waals surface area contributed by atoms with Crippen molar-refractivity contribution in [3.63, 3.8) is 0 Å². The average Bonchev–Trinajstić information content (AvgIpc) is 2.40. The van der Waals surface area contributed by atoms with Crippen LogP contribution in [0.25, 0.3) is 0 Å². The normalized spacial score (nSPS) is 10.3. The number of hydrogen-bond donors (Lipinski definition) is 1. The zero-order chi connectivity index (χ0) is 14.7. The van der Waals surface area contributed by atoms with Gasteiger partial charge in [0.2, 0.25) is 5.75 Å². The van der Waals surface area contributed by atoms with Gasteiger partial charge in [-0.05, 0) is 31.2 Å². The quantitative estimate of drug-likeness (QED) is 0.686. The first-order chi connectivity index (χ1) is 9.52. The fourth-order valence-corrected chi connectivity index (χ4v) is 1.87. The van der Waals surface area contributed by atoms with Crippen molar-refractivity contribution in [3.05, 3.63) is 63.5 Å². The predicted molar refractivity (Wildman–Crippen MR) is 72.2 cm³/mol. The summed E-state index contributed by atoms with van der Waals surface area (Å²) in [6, 6.07) is 8.65. The number of rotatable bonds is 4. The molecule has 0 aliphatic carbocycles. The van der Waals surface area contributed by atoms with E-state index in [1.807, 2.05) is 0 Å². The molecule has 2 N–H and O–H groups in total. The highest BCUT2D eigenvalue weighted by molar-refractivity contribution is 5.54. The van der Waals surface area contributed by atoms with Crippen molar-refractivity contribution in [2.45, 2.75) is 13.5 Å². The molecule has 2 aromatic rings.